The second kappa shape index (κ2) is 8.88. The fourth-order valence-corrected chi connectivity index (χ4v) is 5.28. The summed E-state index contributed by atoms with van der Waals surface area (Å²) in [5.74, 6) is -0.153. The van der Waals surface area contributed by atoms with E-state index < -0.39 is 10.0 Å². The fraction of sp³-hybridized carbons (Fsp3) is 0.409. The molecule has 0 bridgehead atoms. The standard InChI is InChI=1S/C22H28N2O3S/c1-3-18-9-11-19(12-10-18)23-22(25)16-20-6-4-5-15-24(20)28(26,27)21-13-7-17(2)8-14-21/h7-14,20H,3-6,15-16H2,1-2H3,(H,23,25)/t20-/m0/s1. The van der Waals surface area contributed by atoms with Crippen LogP contribution in [0.1, 0.15) is 43.7 Å². The molecule has 3 rings (SSSR count). The molecule has 1 N–H and O–H groups in total. The van der Waals surface area contributed by atoms with E-state index in [1.807, 2.05) is 31.2 Å². The first-order valence-corrected chi connectivity index (χ1v) is 11.3. The Hall–Kier alpha value is -2.18. The van der Waals surface area contributed by atoms with Gasteiger partial charge in [-0.15, -0.1) is 0 Å². The highest BCUT2D eigenvalue weighted by molar-refractivity contribution is 7.89. The first kappa shape index (κ1) is 20.6. The van der Waals surface area contributed by atoms with Crippen LogP contribution in [0, 0.1) is 6.92 Å². The van der Waals surface area contributed by atoms with E-state index in [9.17, 15) is 13.2 Å². The van der Waals surface area contributed by atoms with Gasteiger partial charge in [-0.1, -0.05) is 43.2 Å². The molecule has 1 atom stereocenters. The molecule has 0 spiro atoms. The van der Waals surface area contributed by atoms with Crippen LogP contribution in [0.5, 0.6) is 0 Å². The zero-order valence-corrected chi connectivity index (χ0v) is 17.3. The van der Waals surface area contributed by atoms with Gasteiger partial charge in [0.05, 0.1) is 4.90 Å². The molecule has 1 amide bonds. The lowest BCUT2D eigenvalue weighted by molar-refractivity contribution is -0.117. The summed E-state index contributed by atoms with van der Waals surface area (Å²) in [5.41, 5.74) is 2.97. The second-order valence-corrected chi connectivity index (χ2v) is 9.27. The third-order valence-corrected chi connectivity index (χ3v) is 7.23. The van der Waals surface area contributed by atoms with Crippen molar-refractivity contribution in [2.75, 3.05) is 11.9 Å². The minimum atomic E-state index is -3.60. The summed E-state index contributed by atoms with van der Waals surface area (Å²) < 4.78 is 27.7. The summed E-state index contributed by atoms with van der Waals surface area (Å²) in [7, 11) is -3.60. The highest BCUT2D eigenvalue weighted by Crippen LogP contribution is 2.27. The van der Waals surface area contributed by atoms with Gasteiger partial charge >= 0.3 is 0 Å². The maximum absolute atomic E-state index is 13.1. The van der Waals surface area contributed by atoms with Gasteiger partial charge in [-0.2, -0.15) is 4.31 Å². The van der Waals surface area contributed by atoms with Crippen LogP contribution in [0.3, 0.4) is 0 Å². The molecule has 1 aliphatic heterocycles. The number of hydrogen-bond acceptors (Lipinski definition) is 3. The average molecular weight is 401 g/mol. The molecule has 1 aliphatic rings. The topological polar surface area (TPSA) is 66.5 Å². The van der Waals surface area contributed by atoms with Crippen molar-refractivity contribution in [1.29, 1.82) is 0 Å². The number of rotatable bonds is 6. The van der Waals surface area contributed by atoms with Crippen molar-refractivity contribution in [1.82, 2.24) is 4.31 Å². The molecule has 0 unspecified atom stereocenters. The maximum Gasteiger partial charge on any atom is 0.243 e. The monoisotopic (exact) mass is 400 g/mol. The van der Waals surface area contributed by atoms with Gasteiger partial charge in [0.2, 0.25) is 15.9 Å². The normalized spacial score (nSPS) is 18.0. The second-order valence-electron chi connectivity index (χ2n) is 7.38. The molecule has 0 aliphatic carbocycles. The number of hydrogen-bond donors (Lipinski definition) is 1. The van der Waals surface area contributed by atoms with E-state index in [4.69, 9.17) is 0 Å². The number of aryl methyl sites for hydroxylation is 2. The maximum atomic E-state index is 13.1. The molecule has 1 saturated heterocycles. The van der Waals surface area contributed by atoms with Crippen molar-refractivity contribution in [3.05, 3.63) is 59.7 Å². The molecule has 2 aromatic carbocycles. The third-order valence-electron chi connectivity index (χ3n) is 5.27. The lowest BCUT2D eigenvalue weighted by Crippen LogP contribution is -2.45. The van der Waals surface area contributed by atoms with Crippen molar-refractivity contribution in [3.63, 3.8) is 0 Å². The van der Waals surface area contributed by atoms with E-state index in [0.29, 0.717) is 17.9 Å². The van der Waals surface area contributed by atoms with Crippen LogP contribution in [0.15, 0.2) is 53.4 Å². The summed E-state index contributed by atoms with van der Waals surface area (Å²) in [4.78, 5) is 12.8. The zero-order valence-electron chi connectivity index (χ0n) is 16.5. The van der Waals surface area contributed by atoms with Gasteiger partial charge in [-0.3, -0.25) is 4.79 Å². The number of benzene rings is 2. The number of piperidine rings is 1. The minimum Gasteiger partial charge on any atom is -0.326 e. The summed E-state index contributed by atoms with van der Waals surface area (Å²) in [6, 6.07) is 14.3. The van der Waals surface area contributed by atoms with Crippen LogP contribution in [-0.4, -0.2) is 31.2 Å². The first-order valence-electron chi connectivity index (χ1n) is 9.87. The Morgan fingerprint density at radius 3 is 2.39 bits per heavy atom. The Balaban J connectivity index is 1.71. The first-order chi connectivity index (χ1) is 13.4. The van der Waals surface area contributed by atoms with E-state index in [-0.39, 0.29) is 18.4 Å². The Bertz CT molecular complexity index is 906. The molecular weight excluding hydrogens is 372 g/mol. The Kier molecular flexibility index (Phi) is 6.52. The van der Waals surface area contributed by atoms with Gasteiger partial charge in [-0.05, 0) is 56.0 Å². The third kappa shape index (κ3) is 4.80. The van der Waals surface area contributed by atoms with Gasteiger partial charge in [0.1, 0.15) is 0 Å². The van der Waals surface area contributed by atoms with Crippen LogP contribution in [0.4, 0.5) is 5.69 Å². The Labute approximate surface area is 167 Å². The number of nitrogens with zero attached hydrogens (tertiary/aromatic N) is 1. The highest BCUT2D eigenvalue weighted by Gasteiger charge is 2.34. The van der Waals surface area contributed by atoms with Crippen molar-refractivity contribution >= 4 is 21.6 Å². The number of anilines is 1. The minimum absolute atomic E-state index is 0.153. The van der Waals surface area contributed by atoms with Gasteiger partial charge in [0.25, 0.3) is 0 Å². The van der Waals surface area contributed by atoms with Crippen molar-refractivity contribution in [3.8, 4) is 0 Å². The van der Waals surface area contributed by atoms with E-state index in [1.54, 1.807) is 24.3 Å². The molecule has 150 valence electrons. The van der Waals surface area contributed by atoms with Gasteiger partial charge in [0.15, 0.2) is 0 Å². The molecule has 2 aromatic rings. The van der Waals surface area contributed by atoms with E-state index in [0.717, 1.165) is 30.5 Å². The number of nitrogens with one attached hydrogen (secondary N) is 1. The fourth-order valence-electron chi connectivity index (χ4n) is 3.59. The van der Waals surface area contributed by atoms with Crippen LogP contribution in [-0.2, 0) is 21.2 Å². The van der Waals surface area contributed by atoms with E-state index >= 15 is 0 Å². The van der Waals surface area contributed by atoms with Crippen molar-refractivity contribution in [2.24, 2.45) is 0 Å². The van der Waals surface area contributed by atoms with E-state index in [2.05, 4.69) is 12.2 Å². The van der Waals surface area contributed by atoms with Crippen LogP contribution >= 0.6 is 0 Å². The molecule has 0 saturated carbocycles. The van der Waals surface area contributed by atoms with E-state index in [1.165, 1.54) is 9.87 Å². The SMILES string of the molecule is CCc1ccc(NC(=O)C[C@@H]2CCCCN2S(=O)(=O)c2ccc(C)cc2)cc1. The molecule has 1 heterocycles. The van der Waals surface area contributed by atoms with Gasteiger partial charge in [-0.25, -0.2) is 8.42 Å². The molecule has 28 heavy (non-hydrogen) atoms. The van der Waals surface area contributed by atoms with Gasteiger partial charge in [0, 0.05) is 24.7 Å². The zero-order chi connectivity index (χ0) is 20.1. The lowest BCUT2D eigenvalue weighted by Gasteiger charge is -2.34. The number of amides is 1. The van der Waals surface area contributed by atoms with Crippen LogP contribution in [0.25, 0.3) is 0 Å². The smallest absolute Gasteiger partial charge is 0.243 e. The molecule has 1 fully saturated rings. The number of carbonyl (C=O) groups excluding carboxylic acids is 1. The number of carbonyl (C=O) groups is 1. The molecule has 6 heteroatoms. The Morgan fingerprint density at radius 1 is 1.07 bits per heavy atom. The van der Waals surface area contributed by atoms with Crippen molar-refractivity contribution in [2.45, 2.75) is 56.9 Å². The summed E-state index contributed by atoms with van der Waals surface area (Å²) in [6.07, 6.45) is 3.57. The predicted molar refractivity (Wildman–Crippen MR) is 112 cm³/mol. The average Bonchev–Trinajstić information content (AvgIpc) is 2.69. The van der Waals surface area contributed by atoms with Crippen LogP contribution in [0.2, 0.25) is 0 Å². The molecular formula is C22H28N2O3S. The molecule has 5 nitrogen and oxygen atoms in total. The Morgan fingerprint density at radius 2 is 1.75 bits per heavy atom. The molecule has 0 aromatic heterocycles. The lowest BCUT2D eigenvalue weighted by atomic mass is 10.0. The van der Waals surface area contributed by atoms with Crippen molar-refractivity contribution < 1.29 is 13.2 Å². The van der Waals surface area contributed by atoms with Gasteiger partial charge < -0.3 is 5.32 Å². The summed E-state index contributed by atoms with van der Waals surface area (Å²) in [6.45, 7) is 4.47. The summed E-state index contributed by atoms with van der Waals surface area (Å²) >= 11 is 0. The number of sulfonamides is 1. The highest BCUT2D eigenvalue weighted by atomic mass is 32.2. The quantitative estimate of drug-likeness (QED) is 0.793. The largest absolute Gasteiger partial charge is 0.326 e. The molecule has 0 radical (unpaired) electrons. The predicted octanol–water partition coefficient (Wildman–Crippen LogP) is 4.13. The summed E-state index contributed by atoms with van der Waals surface area (Å²) in [5, 5.41) is 2.90. The van der Waals surface area contributed by atoms with Crippen LogP contribution < -0.4 is 5.32 Å².